The predicted octanol–water partition coefficient (Wildman–Crippen LogP) is 2.40. The number of carbonyl (C=O) groups is 1. The lowest BCUT2D eigenvalue weighted by atomic mass is 9.60. The van der Waals surface area contributed by atoms with E-state index in [0.717, 1.165) is 38.5 Å². The van der Waals surface area contributed by atoms with Crippen molar-refractivity contribution in [2.45, 2.75) is 52.4 Å². The van der Waals surface area contributed by atoms with Crippen LogP contribution in [0.25, 0.3) is 0 Å². The number of rotatable bonds is 5. The van der Waals surface area contributed by atoms with Crippen molar-refractivity contribution in [1.82, 2.24) is 0 Å². The molecule has 0 bridgehead atoms. The summed E-state index contributed by atoms with van der Waals surface area (Å²) in [6, 6.07) is 0. The van der Waals surface area contributed by atoms with Crippen LogP contribution in [0.1, 0.15) is 52.4 Å². The Hall–Kier alpha value is -0.410. The van der Waals surface area contributed by atoms with Gasteiger partial charge < -0.3 is 10.2 Å². The van der Waals surface area contributed by atoms with Crippen LogP contribution in [0.3, 0.4) is 0 Å². The van der Waals surface area contributed by atoms with E-state index in [-0.39, 0.29) is 23.7 Å². The first-order valence-corrected chi connectivity index (χ1v) is 7.81. The number of carbonyl (C=O) groups excluding carboxylic acids is 1. The van der Waals surface area contributed by atoms with E-state index in [4.69, 9.17) is 5.11 Å². The fraction of sp³-hybridized carbons (Fsp3) is 0.938. The lowest BCUT2D eigenvalue weighted by molar-refractivity contribution is -0.130. The maximum Gasteiger partial charge on any atom is 0.161 e. The number of hydrogen-bond donors (Lipinski definition) is 2. The number of aliphatic hydroxyl groups excluding tert-OH is 2. The second-order valence-electron chi connectivity index (χ2n) is 6.84. The number of aliphatic hydroxyl groups is 2. The van der Waals surface area contributed by atoms with Gasteiger partial charge in [0.25, 0.3) is 0 Å². The minimum absolute atomic E-state index is 0.0395. The highest BCUT2D eigenvalue weighted by Gasteiger charge is 2.52. The van der Waals surface area contributed by atoms with Gasteiger partial charge in [-0.2, -0.15) is 0 Å². The first-order chi connectivity index (χ1) is 9.06. The van der Waals surface area contributed by atoms with Crippen LogP contribution in [0, 0.1) is 29.1 Å². The van der Waals surface area contributed by atoms with Gasteiger partial charge in [0, 0.05) is 12.5 Å². The predicted molar refractivity (Wildman–Crippen MR) is 74.6 cm³/mol. The monoisotopic (exact) mass is 268 g/mol. The highest BCUT2D eigenvalue weighted by molar-refractivity contribution is 5.83. The smallest absolute Gasteiger partial charge is 0.161 e. The van der Waals surface area contributed by atoms with E-state index in [1.54, 1.807) is 0 Å². The molecule has 0 amide bonds. The fourth-order valence-electron chi connectivity index (χ4n) is 4.74. The van der Waals surface area contributed by atoms with Crippen LogP contribution in [-0.4, -0.2) is 29.2 Å². The van der Waals surface area contributed by atoms with Crippen molar-refractivity contribution in [2.75, 3.05) is 13.2 Å². The molecule has 0 radical (unpaired) electrons. The van der Waals surface area contributed by atoms with Gasteiger partial charge in [0.2, 0.25) is 0 Å². The van der Waals surface area contributed by atoms with Crippen LogP contribution in [0.2, 0.25) is 0 Å². The molecule has 2 aliphatic carbocycles. The van der Waals surface area contributed by atoms with Gasteiger partial charge in [-0.1, -0.05) is 20.3 Å². The summed E-state index contributed by atoms with van der Waals surface area (Å²) in [6.45, 7) is 4.40. The third-order valence-electron chi connectivity index (χ3n) is 6.14. The van der Waals surface area contributed by atoms with Gasteiger partial charge >= 0.3 is 0 Å². The molecule has 0 aromatic heterocycles. The van der Waals surface area contributed by atoms with Crippen LogP contribution < -0.4 is 0 Å². The molecule has 0 spiro atoms. The molecule has 0 aromatic rings. The lowest BCUT2D eigenvalue weighted by Gasteiger charge is -2.45. The summed E-state index contributed by atoms with van der Waals surface area (Å²) in [4.78, 5) is 11.9. The number of fused-ring (bicyclic) bond motifs is 1. The van der Waals surface area contributed by atoms with Crippen LogP contribution in [0.4, 0.5) is 0 Å². The van der Waals surface area contributed by atoms with Crippen molar-refractivity contribution in [3.63, 3.8) is 0 Å². The molecule has 0 aliphatic heterocycles. The SMILES string of the molecule is CC[C@@H](CO)C1CC[C@@]2(C)C(CCC2C(=O)CO)C1. The molecule has 0 heterocycles. The largest absolute Gasteiger partial charge is 0.396 e. The van der Waals surface area contributed by atoms with Crippen LogP contribution in [0.5, 0.6) is 0 Å². The summed E-state index contributed by atoms with van der Waals surface area (Å²) in [5.41, 5.74) is 0.101. The first kappa shape index (κ1) is 15.0. The molecular weight excluding hydrogens is 240 g/mol. The maximum atomic E-state index is 11.9. The molecule has 2 saturated carbocycles. The molecule has 2 aliphatic rings. The van der Waals surface area contributed by atoms with Crippen LogP contribution in [-0.2, 0) is 4.79 Å². The quantitative estimate of drug-likeness (QED) is 0.805. The Balaban J connectivity index is 2.07. The van der Waals surface area contributed by atoms with E-state index in [0.29, 0.717) is 24.4 Å². The molecule has 5 atom stereocenters. The first-order valence-electron chi connectivity index (χ1n) is 7.81. The summed E-state index contributed by atoms with van der Waals surface area (Å²) < 4.78 is 0. The van der Waals surface area contributed by atoms with Crippen molar-refractivity contribution in [3.05, 3.63) is 0 Å². The Bertz CT molecular complexity index is 324. The second-order valence-corrected chi connectivity index (χ2v) is 6.84. The average molecular weight is 268 g/mol. The number of hydrogen-bond acceptors (Lipinski definition) is 3. The van der Waals surface area contributed by atoms with Gasteiger partial charge in [-0.05, 0) is 55.3 Å². The topological polar surface area (TPSA) is 57.5 Å². The van der Waals surface area contributed by atoms with Crippen molar-refractivity contribution in [1.29, 1.82) is 0 Å². The fourth-order valence-corrected chi connectivity index (χ4v) is 4.74. The van der Waals surface area contributed by atoms with E-state index in [1.165, 1.54) is 0 Å². The molecule has 110 valence electrons. The minimum atomic E-state index is -0.301. The molecule has 3 unspecified atom stereocenters. The summed E-state index contributed by atoms with van der Waals surface area (Å²) >= 11 is 0. The number of ketones is 1. The molecule has 2 N–H and O–H groups in total. The Kier molecular flexibility index (Phi) is 4.67. The highest BCUT2D eigenvalue weighted by atomic mass is 16.3. The van der Waals surface area contributed by atoms with Gasteiger partial charge in [-0.3, -0.25) is 4.79 Å². The third kappa shape index (κ3) is 2.59. The lowest BCUT2D eigenvalue weighted by Crippen LogP contribution is -2.40. The molecule has 0 saturated heterocycles. The Morgan fingerprint density at radius 3 is 2.63 bits per heavy atom. The molecule has 0 aromatic carbocycles. The zero-order chi connectivity index (χ0) is 14.0. The third-order valence-corrected chi connectivity index (χ3v) is 6.14. The zero-order valence-corrected chi connectivity index (χ0v) is 12.3. The van der Waals surface area contributed by atoms with E-state index in [9.17, 15) is 9.90 Å². The van der Waals surface area contributed by atoms with Gasteiger partial charge in [-0.25, -0.2) is 0 Å². The molecule has 19 heavy (non-hydrogen) atoms. The van der Waals surface area contributed by atoms with Crippen molar-refractivity contribution >= 4 is 5.78 Å². The summed E-state index contributed by atoms with van der Waals surface area (Å²) in [6.07, 6.45) is 6.47. The minimum Gasteiger partial charge on any atom is -0.396 e. The summed E-state index contributed by atoms with van der Waals surface area (Å²) in [5.74, 6) is 1.76. The summed E-state index contributed by atoms with van der Waals surface area (Å²) in [7, 11) is 0. The van der Waals surface area contributed by atoms with E-state index in [2.05, 4.69) is 13.8 Å². The number of Topliss-reactive ketones (excluding diaryl/α,β-unsaturated/α-hetero) is 1. The molecule has 3 heteroatoms. The maximum absolute atomic E-state index is 11.9. The normalized spacial score (nSPS) is 39.9. The van der Waals surface area contributed by atoms with Gasteiger partial charge in [0.1, 0.15) is 6.61 Å². The second kappa shape index (κ2) is 5.92. The Morgan fingerprint density at radius 1 is 1.32 bits per heavy atom. The van der Waals surface area contributed by atoms with Gasteiger partial charge in [0.15, 0.2) is 5.78 Å². The highest BCUT2D eigenvalue weighted by Crippen LogP contribution is 2.57. The molecule has 3 nitrogen and oxygen atoms in total. The standard InChI is InChI=1S/C16H28O3/c1-3-11(9-17)12-6-7-16(2)13(8-12)4-5-14(16)15(19)10-18/h11-14,17-18H,3-10H2,1-2H3/t11-,12?,13?,14?,16-/m0/s1. The molecular formula is C16H28O3. The molecule has 2 fully saturated rings. The van der Waals surface area contributed by atoms with Crippen LogP contribution in [0.15, 0.2) is 0 Å². The zero-order valence-electron chi connectivity index (χ0n) is 12.3. The molecule has 2 rings (SSSR count). The Morgan fingerprint density at radius 2 is 2.05 bits per heavy atom. The van der Waals surface area contributed by atoms with E-state index >= 15 is 0 Å². The summed E-state index contributed by atoms with van der Waals surface area (Å²) in [5, 5.41) is 18.6. The van der Waals surface area contributed by atoms with E-state index in [1.807, 2.05) is 0 Å². The Labute approximate surface area is 116 Å². The van der Waals surface area contributed by atoms with Crippen molar-refractivity contribution in [3.8, 4) is 0 Å². The van der Waals surface area contributed by atoms with Crippen molar-refractivity contribution < 1.29 is 15.0 Å². The van der Waals surface area contributed by atoms with Crippen LogP contribution >= 0.6 is 0 Å². The van der Waals surface area contributed by atoms with Gasteiger partial charge in [0.05, 0.1) is 0 Å². The van der Waals surface area contributed by atoms with Gasteiger partial charge in [-0.15, -0.1) is 0 Å². The van der Waals surface area contributed by atoms with E-state index < -0.39 is 0 Å². The van der Waals surface area contributed by atoms with Crippen molar-refractivity contribution in [2.24, 2.45) is 29.1 Å². The average Bonchev–Trinajstić information content (AvgIpc) is 2.76.